The number of fused-ring (bicyclic) bond motifs is 2. The fraction of sp³-hybridized carbons (Fsp3) is 0.400. The fourth-order valence-electron chi connectivity index (χ4n) is 5.48. The molecule has 2 aliphatic rings. The quantitative estimate of drug-likeness (QED) is 0.716. The lowest BCUT2D eigenvalue weighted by molar-refractivity contribution is 0.104. The Morgan fingerprint density at radius 2 is 1.97 bits per heavy atom. The number of nitrogens with zero attached hydrogens (tertiary/aromatic N) is 2. The molecule has 2 heterocycles. The maximum absolute atomic E-state index is 12.2. The minimum atomic E-state index is -0.334. The molecule has 5 rings (SSSR count). The Kier molecular flexibility index (Phi) is 4.99. The first kappa shape index (κ1) is 19.2. The van der Waals surface area contributed by atoms with Gasteiger partial charge in [0.1, 0.15) is 6.61 Å². The highest BCUT2D eigenvalue weighted by molar-refractivity contribution is 5.89. The summed E-state index contributed by atoms with van der Waals surface area (Å²) < 4.78 is 7.64. The van der Waals surface area contributed by atoms with Crippen LogP contribution in [0.1, 0.15) is 29.0 Å². The zero-order chi connectivity index (χ0) is 20.7. The minimum absolute atomic E-state index is 0.306. The molecule has 1 N–H and O–H groups in total. The van der Waals surface area contributed by atoms with Crippen molar-refractivity contribution >= 4 is 17.0 Å². The molecule has 5 nitrogen and oxygen atoms in total. The third-order valence-corrected chi connectivity index (χ3v) is 6.87. The van der Waals surface area contributed by atoms with Crippen LogP contribution in [-0.2, 0) is 24.8 Å². The summed E-state index contributed by atoms with van der Waals surface area (Å²) in [4.78, 5) is 14.7. The number of amides is 1. The van der Waals surface area contributed by atoms with E-state index in [4.69, 9.17) is 4.74 Å². The van der Waals surface area contributed by atoms with E-state index in [0.29, 0.717) is 31.0 Å². The van der Waals surface area contributed by atoms with E-state index in [-0.39, 0.29) is 6.09 Å². The summed E-state index contributed by atoms with van der Waals surface area (Å²) in [6, 6.07) is 17.0. The van der Waals surface area contributed by atoms with Gasteiger partial charge in [0.25, 0.3) is 0 Å². The largest absolute Gasteiger partial charge is 0.445 e. The SMILES string of the molecule is CN1C[C@H](CN[11C](=O)OCc2ccccc2)C[C@@H]2c3cccc4c3c(cn4C)C[C@H]21. The van der Waals surface area contributed by atoms with Gasteiger partial charge in [0.15, 0.2) is 0 Å². The molecule has 0 radical (unpaired) electrons. The number of likely N-dealkylation sites (tertiary alicyclic amines) is 1. The van der Waals surface area contributed by atoms with Crippen molar-refractivity contribution in [2.75, 3.05) is 20.1 Å². The van der Waals surface area contributed by atoms with E-state index in [2.05, 4.69) is 53.3 Å². The van der Waals surface area contributed by atoms with Crippen molar-refractivity contribution < 1.29 is 9.53 Å². The molecule has 1 aliphatic carbocycles. The van der Waals surface area contributed by atoms with Crippen LogP contribution in [0.15, 0.2) is 54.7 Å². The molecular formula is C25H29N3O2. The van der Waals surface area contributed by atoms with E-state index >= 15 is 0 Å². The predicted octanol–water partition coefficient (Wildman–Crippen LogP) is 4.06. The first-order valence-electron chi connectivity index (χ1n) is 10.8. The van der Waals surface area contributed by atoms with E-state index in [1.165, 1.54) is 22.0 Å². The van der Waals surface area contributed by atoms with Gasteiger partial charge in [-0.25, -0.2) is 4.79 Å². The van der Waals surface area contributed by atoms with Crippen LogP contribution >= 0.6 is 0 Å². The van der Waals surface area contributed by atoms with Crippen LogP contribution in [0.4, 0.5) is 4.79 Å². The standard InChI is InChI=1S/C25H29N3O2/c1-27-14-18(13-26-25(29)30-16-17-7-4-3-5-8-17)11-21-20-9-6-10-22-24(20)19(12-23(21)27)15-28(22)2/h3-10,15,18,21,23H,11-14,16H2,1-2H3,(H,26,29)/t18-,21+,23+/m0/s1/i25-1. The molecule has 0 spiro atoms. The monoisotopic (exact) mass is 402 g/mol. The lowest BCUT2D eigenvalue weighted by atomic mass is 9.72. The molecule has 0 saturated carbocycles. The number of carbonyl (C=O) groups is 1. The summed E-state index contributed by atoms with van der Waals surface area (Å²) in [5, 5.41) is 4.44. The first-order chi connectivity index (χ1) is 14.6. The number of rotatable bonds is 4. The van der Waals surface area contributed by atoms with E-state index in [1.54, 1.807) is 0 Å². The van der Waals surface area contributed by atoms with E-state index in [0.717, 1.165) is 24.9 Å². The topological polar surface area (TPSA) is 46.5 Å². The van der Waals surface area contributed by atoms with E-state index in [9.17, 15) is 4.79 Å². The molecule has 3 aromatic rings. The van der Waals surface area contributed by atoms with Crippen molar-refractivity contribution in [1.82, 2.24) is 14.8 Å². The molecule has 30 heavy (non-hydrogen) atoms. The van der Waals surface area contributed by atoms with Crippen molar-refractivity contribution in [2.24, 2.45) is 13.0 Å². The Morgan fingerprint density at radius 1 is 1.13 bits per heavy atom. The van der Waals surface area contributed by atoms with Gasteiger partial charge < -0.3 is 19.5 Å². The van der Waals surface area contributed by atoms with Crippen LogP contribution < -0.4 is 5.32 Å². The van der Waals surface area contributed by atoms with Crippen molar-refractivity contribution in [2.45, 2.75) is 31.4 Å². The molecular weight excluding hydrogens is 373 g/mol. The number of carbonyl (C=O) groups excluding carboxylic acids is 1. The second-order valence-electron chi connectivity index (χ2n) is 8.87. The maximum atomic E-state index is 12.2. The number of benzene rings is 2. The van der Waals surface area contributed by atoms with Crippen molar-refractivity contribution in [3.8, 4) is 0 Å². The molecule has 1 saturated heterocycles. The smallest absolute Gasteiger partial charge is 0.407 e. The highest BCUT2D eigenvalue weighted by Crippen LogP contribution is 2.44. The second kappa shape index (κ2) is 7.80. The predicted molar refractivity (Wildman–Crippen MR) is 119 cm³/mol. The Morgan fingerprint density at radius 3 is 2.80 bits per heavy atom. The Bertz CT molecular complexity index is 1060. The summed E-state index contributed by atoms with van der Waals surface area (Å²) >= 11 is 0. The average Bonchev–Trinajstić information content (AvgIpc) is 3.09. The second-order valence-corrected chi connectivity index (χ2v) is 8.87. The molecule has 1 amide bonds. The molecule has 2 aromatic carbocycles. The van der Waals surface area contributed by atoms with Gasteiger partial charge in [0.05, 0.1) is 0 Å². The van der Waals surface area contributed by atoms with Gasteiger partial charge in [0.2, 0.25) is 0 Å². The van der Waals surface area contributed by atoms with Crippen LogP contribution in [0.25, 0.3) is 10.9 Å². The van der Waals surface area contributed by atoms with Crippen LogP contribution in [0, 0.1) is 5.92 Å². The Labute approximate surface area is 177 Å². The number of ether oxygens (including phenoxy) is 1. The number of nitrogens with one attached hydrogen (secondary N) is 1. The summed E-state index contributed by atoms with van der Waals surface area (Å²) in [6.45, 7) is 1.96. The highest BCUT2D eigenvalue weighted by Gasteiger charge is 2.39. The molecule has 156 valence electrons. The maximum Gasteiger partial charge on any atom is 0.407 e. The lowest BCUT2D eigenvalue weighted by Crippen LogP contribution is -2.50. The van der Waals surface area contributed by atoms with Crippen molar-refractivity contribution in [3.63, 3.8) is 0 Å². The van der Waals surface area contributed by atoms with Gasteiger partial charge in [0, 0.05) is 49.2 Å². The van der Waals surface area contributed by atoms with Crippen LogP contribution in [0.5, 0.6) is 0 Å². The number of piperidine rings is 1. The number of hydrogen-bond donors (Lipinski definition) is 1. The number of hydrogen-bond acceptors (Lipinski definition) is 3. The molecule has 1 fully saturated rings. The fourth-order valence-corrected chi connectivity index (χ4v) is 5.48. The first-order valence-corrected chi connectivity index (χ1v) is 10.8. The third kappa shape index (κ3) is 3.47. The van der Waals surface area contributed by atoms with Gasteiger partial charge in [-0.05, 0) is 48.6 Å². The number of aryl methyl sites for hydroxylation is 1. The van der Waals surface area contributed by atoms with Gasteiger partial charge in [-0.1, -0.05) is 42.5 Å². The number of likely N-dealkylation sites (N-methyl/N-ethyl adjacent to an activating group) is 1. The minimum Gasteiger partial charge on any atom is -0.445 e. The summed E-state index contributed by atoms with van der Waals surface area (Å²) in [5.41, 5.74) is 5.27. The van der Waals surface area contributed by atoms with Gasteiger partial charge in [-0.3, -0.25) is 0 Å². The third-order valence-electron chi connectivity index (χ3n) is 6.87. The summed E-state index contributed by atoms with van der Waals surface area (Å²) in [5.74, 6) is 0.926. The summed E-state index contributed by atoms with van der Waals surface area (Å²) in [7, 11) is 4.37. The van der Waals surface area contributed by atoms with Gasteiger partial charge in [-0.2, -0.15) is 0 Å². The molecule has 3 atom stereocenters. The van der Waals surface area contributed by atoms with Crippen LogP contribution in [0.3, 0.4) is 0 Å². The van der Waals surface area contributed by atoms with Crippen LogP contribution in [-0.4, -0.2) is 41.7 Å². The normalized spacial score (nSPS) is 23.2. The van der Waals surface area contributed by atoms with Crippen molar-refractivity contribution in [3.05, 3.63) is 71.4 Å². The van der Waals surface area contributed by atoms with Crippen molar-refractivity contribution in [1.29, 1.82) is 0 Å². The summed E-state index contributed by atoms with van der Waals surface area (Å²) in [6.07, 6.45) is 4.17. The van der Waals surface area contributed by atoms with Gasteiger partial charge >= 0.3 is 6.09 Å². The highest BCUT2D eigenvalue weighted by atomic mass is 16.5. The zero-order valence-corrected chi connectivity index (χ0v) is 17.7. The molecule has 1 aromatic heterocycles. The molecule has 1 aliphatic heterocycles. The molecule has 5 heteroatoms. The Balaban J connectivity index is 1.25. The number of alkyl carbamates (subject to hydrolysis) is 1. The lowest BCUT2D eigenvalue weighted by Gasteiger charge is -2.45. The average molecular weight is 403 g/mol. The molecule has 0 unspecified atom stereocenters. The van der Waals surface area contributed by atoms with E-state index < -0.39 is 0 Å². The van der Waals surface area contributed by atoms with Crippen LogP contribution in [0.2, 0.25) is 0 Å². The number of aromatic nitrogens is 1. The Hall–Kier alpha value is -2.79. The van der Waals surface area contributed by atoms with Gasteiger partial charge in [-0.15, -0.1) is 0 Å². The molecule has 0 bridgehead atoms. The zero-order valence-electron chi connectivity index (χ0n) is 17.7. The van der Waals surface area contributed by atoms with E-state index in [1.807, 2.05) is 30.3 Å².